The van der Waals surface area contributed by atoms with Crippen molar-refractivity contribution >= 4 is 17.5 Å². The van der Waals surface area contributed by atoms with E-state index in [9.17, 15) is 18.3 Å². The number of rotatable bonds is 13. The van der Waals surface area contributed by atoms with Crippen LogP contribution < -0.4 is 15.4 Å². The monoisotopic (exact) mass is 621 g/mol. The number of aliphatic hydroxyl groups excluding tert-OH is 2. The van der Waals surface area contributed by atoms with Crippen LogP contribution in [0.3, 0.4) is 0 Å². The third kappa shape index (κ3) is 7.89. The molecule has 0 saturated carbocycles. The molecule has 0 fully saturated rings. The summed E-state index contributed by atoms with van der Waals surface area (Å²) >= 11 is 0. The summed E-state index contributed by atoms with van der Waals surface area (Å²) in [6.45, 7) is 0.387. The normalized spacial score (nSPS) is 18.4. The molecule has 10 heteroatoms. The van der Waals surface area contributed by atoms with Crippen molar-refractivity contribution < 1.29 is 32.9 Å². The van der Waals surface area contributed by atoms with Gasteiger partial charge >= 0.3 is 0 Å². The van der Waals surface area contributed by atoms with E-state index in [-0.39, 0.29) is 18.8 Å². The fraction of sp³-hybridized carbons (Fsp3) is 0.429. The molecule has 0 aliphatic heterocycles. The number of benzene rings is 2. The number of ether oxygens (including phenoxy) is 2. The number of aliphatic imine (C=N–C) groups is 1. The van der Waals surface area contributed by atoms with Gasteiger partial charge in [0, 0.05) is 23.6 Å². The summed E-state index contributed by atoms with van der Waals surface area (Å²) in [4.78, 5) is 14.3. The Bertz CT molecular complexity index is 1690. The second-order valence-corrected chi connectivity index (χ2v) is 11.4. The average molecular weight is 622 g/mol. The molecule has 1 heterocycles. The third-order valence-corrected chi connectivity index (χ3v) is 8.31. The van der Waals surface area contributed by atoms with Gasteiger partial charge in [-0.05, 0) is 98.2 Å². The fourth-order valence-corrected chi connectivity index (χ4v) is 6.03. The van der Waals surface area contributed by atoms with Gasteiger partial charge in [-0.2, -0.15) is 0 Å². The molecule has 238 valence electrons. The maximum absolute atomic E-state index is 14.2. The van der Waals surface area contributed by atoms with Crippen LogP contribution in [0.1, 0.15) is 61.8 Å². The number of fused-ring (bicyclic) bond motifs is 2. The van der Waals surface area contributed by atoms with Crippen LogP contribution in [0, 0.1) is 11.7 Å². The first-order chi connectivity index (χ1) is 21.7. The van der Waals surface area contributed by atoms with E-state index < -0.39 is 43.7 Å². The number of halogens is 3. The lowest BCUT2D eigenvalue weighted by Gasteiger charge is -2.28. The number of aromatic nitrogens is 2. The van der Waals surface area contributed by atoms with Gasteiger partial charge in [0.2, 0.25) is 0 Å². The van der Waals surface area contributed by atoms with Crippen LogP contribution in [0.2, 0.25) is 0 Å². The zero-order valence-corrected chi connectivity index (χ0v) is 25.5. The lowest BCUT2D eigenvalue weighted by atomic mass is 9.79. The molecular weight excluding hydrogens is 583 g/mol. The molecule has 0 saturated heterocycles. The summed E-state index contributed by atoms with van der Waals surface area (Å²) in [7, 11) is 1.66. The minimum Gasteiger partial charge on any atom is -0.497 e. The van der Waals surface area contributed by atoms with E-state index in [1.165, 1.54) is 23.3 Å². The van der Waals surface area contributed by atoms with E-state index in [0.717, 1.165) is 30.7 Å². The molecule has 5 rings (SSSR count). The second kappa shape index (κ2) is 14.5. The van der Waals surface area contributed by atoms with E-state index in [1.54, 1.807) is 31.4 Å². The third-order valence-electron chi connectivity index (χ3n) is 8.31. The molecule has 7 nitrogen and oxygen atoms in total. The Hall–Kier alpha value is -3.82. The highest BCUT2D eigenvalue weighted by molar-refractivity contribution is 5.91. The van der Waals surface area contributed by atoms with E-state index in [4.69, 9.17) is 24.8 Å². The molecule has 2 N–H and O–H groups in total. The Morgan fingerprint density at radius 3 is 2.71 bits per heavy atom. The quantitative estimate of drug-likeness (QED) is 0.209. The molecule has 0 radical (unpaired) electrons. The first-order valence-electron chi connectivity index (χ1n) is 15.3. The molecule has 2 aromatic carbocycles. The van der Waals surface area contributed by atoms with Crippen LogP contribution in [0.25, 0.3) is 23.1 Å². The molecule has 3 unspecified atom stereocenters. The zero-order valence-electron chi connectivity index (χ0n) is 25.5. The highest BCUT2D eigenvalue weighted by Gasteiger charge is 2.29. The summed E-state index contributed by atoms with van der Waals surface area (Å²) in [5.41, 5.74) is 8.04. The van der Waals surface area contributed by atoms with Crippen molar-refractivity contribution in [3.8, 4) is 17.0 Å². The number of methoxy groups -OCH3 is 1. The standard InChI is InChI=1S/C35H38F3N3O4/c1-3-29(28-7-4-6-23-18-26(44-2)14-15-27(23)28)41-34(43)24-11-16-30-32(19-24)39-31(8-5-17-35(37,38)20-45-21-42)33(40-30)22-9-12-25(36)13-10-22/h9-15,18-19,24,28,34,42-43H,3-8,17,20-21H2,1-2H3/b41-29+. The minimum atomic E-state index is -3.11. The Morgan fingerprint density at radius 1 is 1.18 bits per heavy atom. The fourth-order valence-electron chi connectivity index (χ4n) is 6.03. The van der Waals surface area contributed by atoms with Crippen molar-refractivity contribution in [2.24, 2.45) is 10.9 Å². The summed E-state index contributed by atoms with van der Waals surface area (Å²) in [5.74, 6) is -3.11. The number of hydrogen-bond donors (Lipinski definition) is 2. The number of aryl methyl sites for hydroxylation is 2. The van der Waals surface area contributed by atoms with E-state index in [1.807, 2.05) is 13.0 Å². The van der Waals surface area contributed by atoms with Gasteiger partial charge in [-0.1, -0.05) is 18.7 Å². The predicted octanol–water partition coefficient (Wildman–Crippen LogP) is 4.85. The summed E-state index contributed by atoms with van der Waals surface area (Å²) < 4.78 is 52.0. The van der Waals surface area contributed by atoms with Gasteiger partial charge < -0.3 is 19.7 Å². The molecule has 0 amide bonds. The van der Waals surface area contributed by atoms with Crippen molar-refractivity contribution in [2.45, 2.75) is 69.9 Å². The predicted molar refractivity (Wildman–Crippen MR) is 166 cm³/mol. The van der Waals surface area contributed by atoms with Gasteiger partial charge in [-0.25, -0.2) is 23.1 Å². The molecule has 2 aliphatic carbocycles. The van der Waals surface area contributed by atoms with Crippen LogP contribution in [0.5, 0.6) is 5.75 Å². The largest absolute Gasteiger partial charge is 0.497 e. The number of nitrogens with zero attached hydrogens (tertiary/aromatic N) is 3. The Morgan fingerprint density at radius 2 is 1.98 bits per heavy atom. The summed E-state index contributed by atoms with van der Waals surface area (Å²) in [5, 5.41) is 20.9. The number of aliphatic hydroxyl groups is 2. The topological polar surface area (TPSA) is 97.1 Å². The maximum atomic E-state index is 14.2. The SMILES string of the molecule is CC/C(=N\C(O)C1C=C=c2nc(-c3ccc(F)cc3)c(CCCC(F)(F)COCO)nc2=C1)C1CCCc2cc(OC)ccc21. The van der Waals surface area contributed by atoms with E-state index >= 15 is 0 Å². The van der Waals surface area contributed by atoms with Crippen molar-refractivity contribution in [1.29, 1.82) is 0 Å². The van der Waals surface area contributed by atoms with Crippen molar-refractivity contribution in [2.75, 3.05) is 20.5 Å². The molecule has 3 aromatic rings. The van der Waals surface area contributed by atoms with Gasteiger partial charge in [0.1, 0.15) is 30.3 Å². The molecule has 3 atom stereocenters. The summed E-state index contributed by atoms with van der Waals surface area (Å²) in [6, 6.07) is 11.9. The molecule has 0 bridgehead atoms. The first-order valence-corrected chi connectivity index (χ1v) is 15.3. The van der Waals surface area contributed by atoms with Crippen molar-refractivity contribution in [3.63, 3.8) is 0 Å². The van der Waals surface area contributed by atoms with Gasteiger partial charge in [0.05, 0.1) is 29.8 Å². The van der Waals surface area contributed by atoms with Crippen LogP contribution in [0.4, 0.5) is 13.2 Å². The van der Waals surface area contributed by atoms with Crippen LogP contribution in [-0.2, 0) is 17.6 Å². The van der Waals surface area contributed by atoms with Crippen molar-refractivity contribution in [1.82, 2.24) is 9.97 Å². The number of alkyl halides is 2. The van der Waals surface area contributed by atoms with Crippen molar-refractivity contribution in [3.05, 3.63) is 81.9 Å². The van der Waals surface area contributed by atoms with E-state index in [0.29, 0.717) is 34.1 Å². The van der Waals surface area contributed by atoms with Crippen LogP contribution >= 0.6 is 0 Å². The molecule has 2 aliphatic rings. The molecular formula is C35H38F3N3O4. The van der Waals surface area contributed by atoms with Gasteiger partial charge in [0.25, 0.3) is 5.92 Å². The van der Waals surface area contributed by atoms with Crippen LogP contribution in [0.15, 0.2) is 53.5 Å². The highest BCUT2D eigenvalue weighted by Crippen LogP contribution is 2.36. The molecule has 1 aromatic heterocycles. The van der Waals surface area contributed by atoms with Gasteiger partial charge in [-0.15, -0.1) is 0 Å². The van der Waals surface area contributed by atoms with Crippen LogP contribution in [-0.4, -0.2) is 58.6 Å². The molecule has 0 spiro atoms. The second-order valence-electron chi connectivity index (χ2n) is 11.4. The highest BCUT2D eigenvalue weighted by atomic mass is 19.3. The zero-order chi connectivity index (χ0) is 32.0. The summed E-state index contributed by atoms with van der Waals surface area (Å²) in [6.07, 6.45) is 5.83. The van der Waals surface area contributed by atoms with E-state index in [2.05, 4.69) is 22.6 Å². The molecule has 45 heavy (non-hydrogen) atoms. The Labute approximate surface area is 260 Å². The maximum Gasteiger partial charge on any atom is 0.271 e. The first kappa shape index (κ1) is 32.6. The average Bonchev–Trinajstić information content (AvgIpc) is 3.05. The smallest absolute Gasteiger partial charge is 0.271 e. The van der Waals surface area contributed by atoms with Gasteiger partial charge in [0.15, 0.2) is 6.23 Å². The Balaban J connectivity index is 1.43. The lowest BCUT2D eigenvalue weighted by Crippen LogP contribution is -2.37. The minimum absolute atomic E-state index is 0.0773. The Kier molecular flexibility index (Phi) is 10.5. The lowest BCUT2D eigenvalue weighted by molar-refractivity contribution is -0.116. The number of hydrogen-bond acceptors (Lipinski definition) is 7. The van der Waals surface area contributed by atoms with Gasteiger partial charge in [-0.3, -0.25) is 4.99 Å².